The van der Waals surface area contributed by atoms with Crippen LogP contribution in [-0.4, -0.2) is 36.3 Å². The summed E-state index contributed by atoms with van der Waals surface area (Å²) in [6, 6.07) is 17.8. The molecule has 0 atom stereocenters. The molecule has 6 nitrogen and oxygen atoms in total. The molecule has 1 N–H and O–H groups in total. The second kappa shape index (κ2) is 7.15. The third-order valence-electron chi connectivity index (χ3n) is 4.77. The Hall–Kier alpha value is -3.67. The van der Waals surface area contributed by atoms with E-state index in [1.807, 2.05) is 12.1 Å². The van der Waals surface area contributed by atoms with Crippen LogP contribution in [-0.2, 0) is 4.79 Å². The Balaban J connectivity index is 1.50. The quantitative estimate of drug-likeness (QED) is 0.694. The molecule has 0 bridgehead atoms. The van der Waals surface area contributed by atoms with Crippen LogP contribution in [0.15, 0.2) is 60.7 Å². The zero-order chi connectivity index (χ0) is 19.7. The van der Waals surface area contributed by atoms with Crippen LogP contribution in [0.4, 0.5) is 5.69 Å². The number of rotatable bonds is 5. The number of nitrogens with zero attached hydrogens (tertiary/aromatic N) is 1. The molecule has 3 aromatic rings. The van der Waals surface area contributed by atoms with Crippen molar-refractivity contribution >= 4 is 34.2 Å². The number of nitrogens with one attached hydrogen (secondary N) is 1. The van der Waals surface area contributed by atoms with Crippen LogP contribution in [0, 0.1) is 0 Å². The van der Waals surface area contributed by atoms with E-state index in [0.717, 1.165) is 10.3 Å². The smallest absolute Gasteiger partial charge is 0.261 e. The maximum absolute atomic E-state index is 12.8. The average molecular weight is 374 g/mol. The summed E-state index contributed by atoms with van der Waals surface area (Å²) in [6.07, 6.45) is 0.00678. The molecule has 0 saturated heterocycles. The molecule has 0 spiro atoms. The van der Waals surface area contributed by atoms with Crippen molar-refractivity contribution in [2.24, 2.45) is 0 Å². The van der Waals surface area contributed by atoms with Crippen LogP contribution in [0.3, 0.4) is 0 Å². The first-order valence-electron chi connectivity index (χ1n) is 8.90. The zero-order valence-corrected chi connectivity index (χ0v) is 15.3. The van der Waals surface area contributed by atoms with Gasteiger partial charge in [-0.25, -0.2) is 0 Å². The molecule has 0 radical (unpaired) electrons. The van der Waals surface area contributed by atoms with Gasteiger partial charge in [-0.15, -0.1) is 0 Å². The molecule has 6 heteroatoms. The summed E-state index contributed by atoms with van der Waals surface area (Å²) in [6.45, 7) is 0.0121. The predicted molar refractivity (Wildman–Crippen MR) is 106 cm³/mol. The number of hydrogen-bond acceptors (Lipinski definition) is 4. The van der Waals surface area contributed by atoms with Gasteiger partial charge in [0.15, 0.2) is 0 Å². The Labute approximate surface area is 161 Å². The van der Waals surface area contributed by atoms with Crippen molar-refractivity contribution in [3.05, 3.63) is 71.8 Å². The van der Waals surface area contributed by atoms with Gasteiger partial charge < -0.3 is 10.1 Å². The molecule has 140 valence electrons. The van der Waals surface area contributed by atoms with E-state index in [2.05, 4.69) is 5.32 Å². The number of ether oxygens (including phenoxy) is 1. The van der Waals surface area contributed by atoms with Gasteiger partial charge in [0.25, 0.3) is 11.8 Å². The topological polar surface area (TPSA) is 75.7 Å². The van der Waals surface area contributed by atoms with Crippen LogP contribution in [0.5, 0.6) is 5.75 Å². The Morgan fingerprint density at radius 1 is 0.964 bits per heavy atom. The molecule has 0 fully saturated rings. The normalized spacial score (nSPS) is 13.0. The molecule has 0 unspecified atom stereocenters. The van der Waals surface area contributed by atoms with E-state index in [-0.39, 0.29) is 30.7 Å². The Bertz CT molecular complexity index is 1060. The second-order valence-electron chi connectivity index (χ2n) is 6.50. The summed E-state index contributed by atoms with van der Waals surface area (Å²) in [4.78, 5) is 39.1. The molecule has 3 aromatic carbocycles. The molecule has 1 aliphatic rings. The van der Waals surface area contributed by atoms with Gasteiger partial charge in [0.1, 0.15) is 5.75 Å². The highest BCUT2D eigenvalue weighted by Gasteiger charge is 2.32. The zero-order valence-electron chi connectivity index (χ0n) is 15.3. The van der Waals surface area contributed by atoms with Crippen LogP contribution in [0.2, 0.25) is 0 Å². The lowest BCUT2D eigenvalue weighted by Crippen LogP contribution is -2.41. The van der Waals surface area contributed by atoms with Crippen LogP contribution >= 0.6 is 0 Å². The van der Waals surface area contributed by atoms with E-state index in [1.54, 1.807) is 55.6 Å². The molecular weight excluding hydrogens is 356 g/mol. The summed E-state index contributed by atoms with van der Waals surface area (Å²) in [7, 11) is 1.55. The van der Waals surface area contributed by atoms with Crippen molar-refractivity contribution < 1.29 is 19.1 Å². The number of carbonyl (C=O) groups excluding carboxylic acids is 3. The molecule has 0 aromatic heterocycles. The molecule has 3 amide bonds. The third-order valence-corrected chi connectivity index (χ3v) is 4.77. The van der Waals surface area contributed by atoms with E-state index < -0.39 is 0 Å². The lowest BCUT2D eigenvalue weighted by molar-refractivity contribution is -0.116. The SMILES string of the molecule is COc1cccc(NC(=O)CCN2C(=O)c3cccc4cccc(c34)C2=O)c1. The van der Waals surface area contributed by atoms with E-state index in [4.69, 9.17) is 4.74 Å². The van der Waals surface area contributed by atoms with Crippen molar-refractivity contribution in [1.29, 1.82) is 0 Å². The fourth-order valence-corrected chi connectivity index (χ4v) is 3.42. The first kappa shape index (κ1) is 17.7. The fourth-order valence-electron chi connectivity index (χ4n) is 3.42. The van der Waals surface area contributed by atoms with Crippen LogP contribution in [0.1, 0.15) is 27.1 Å². The molecule has 0 aliphatic carbocycles. The van der Waals surface area contributed by atoms with Gasteiger partial charge in [-0.2, -0.15) is 0 Å². The summed E-state index contributed by atoms with van der Waals surface area (Å²) in [5.74, 6) is -0.401. The second-order valence-corrected chi connectivity index (χ2v) is 6.50. The predicted octanol–water partition coefficient (Wildman–Crippen LogP) is 3.47. The lowest BCUT2D eigenvalue weighted by Gasteiger charge is -2.27. The Morgan fingerprint density at radius 3 is 2.25 bits per heavy atom. The molecule has 1 aliphatic heterocycles. The number of imide groups is 1. The molecule has 28 heavy (non-hydrogen) atoms. The largest absolute Gasteiger partial charge is 0.497 e. The first-order valence-corrected chi connectivity index (χ1v) is 8.90. The third kappa shape index (κ3) is 3.09. The number of benzene rings is 3. The highest BCUT2D eigenvalue weighted by atomic mass is 16.5. The maximum atomic E-state index is 12.8. The number of carbonyl (C=O) groups is 3. The Kier molecular flexibility index (Phi) is 4.53. The summed E-state index contributed by atoms with van der Waals surface area (Å²) >= 11 is 0. The summed E-state index contributed by atoms with van der Waals surface area (Å²) in [5.41, 5.74) is 1.57. The van der Waals surface area contributed by atoms with E-state index in [1.165, 1.54) is 0 Å². The van der Waals surface area contributed by atoms with Crippen LogP contribution in [0.25, 0.3) is 10.8 Å². The minimum absolute atomic E-state index is 0.00678. The number of amides is 3. The number of anilines is 1. The average Bonchev–Trinajstić information content (AvgIpc) is 2.72. The minimum Gasteiger partial charge on any atom is -0.497 e. The van der Waals surface area contributed by atoms with Gasteiger partial charge in [0.2, 0.25) is 5.91 Å². The maximum Gasteiger partial charge on any atom is 0.261 e. The summed E-state index contributed by atoms with van der Waals surface area (Å²) in [5, 5.41) is 4.29. The van der Waals surface area contributed by atoms with Gasteiger partial charge in [-0.3, -0.25) is 19.3 Å². The lowest BCUT2D eigenvalue weighted by atomic mass is 9.94. The Morgan fingerprint density at radius 2 is 1.61 bits per heavy atom. The van der Waals surface area contributed by atoms with Crippen molar-refractivity contribution in [2.75, 3.05) is 19.0 Å². The van der Waals surface area contributed by atoms with Crippen LogP contribution < -0.4 is 10.1 Å². The van der Waals surface area contributed by atoms with Crippen molar-refractivity contribution in [1.82, 2.24) is 4.90 Å². The fraction of sp³-hybridized carbons (Fsp3) is 0.136. The van der Waals surface area contributed by atoms with Crippen molar-refractivity contribution in [2.45, 2.75) is 6.42 Å². The van der Waals surface area contributed by atoms with Gasteiger partial charge in [0.05, 0.1) is 7.11 Å². The monoisotopic (exact) mass is 374 g/mol. The standard InChI is InChI=1S/C22H18N2O4/c1-28-16-8-4-7-15(13-16)23-19(25)11-12-24-21(26)17-9-2-5-14-6-3-10-18(20(14)17)22(24)27/h2-10,13H,11-12H2,1H3,(H,23,25). The van der Waals surface area contributed by atoms with E-state index >= 15 is 0 Å². The summed E-state index contributed by atoms with van der Waals surface area (Å²) < 4.78 is 5.13. The van der Waals surface area contributed by atoms with Gasteiger partial charge in [-0.05, 0) is 29.7 Å². The number of hydrogen-bond donors (Lipinski definition) is 1. The van der Waals surface area contributed by atoms with Gasteiger partial charge in [-0.1, -0.05) is 30.3 Å². The van der Waals surface area contributed by atoms with Gasteiger partial charge in [0, 0.05) is 41.2 Å². The molecule has 4 rings (SSSR count). The molecule has 1 heterocycles. The molecular formula is C22H18N2O4. The first-order chi connectivity index (χ1) is 13.6. The van der Waals surface area contributed by atoms with E-state index in [9.17, 15) is 14.4 Å². The van der Waals surface area contributed by atoms with Crippen molar-refractivity contribution in [3.8, 4) is 5.75 Å². The van der Waals surface area contributed by atoms with E-state index in [0.29, 0.717) is 28.0 Å². The number of methoxy groups -OCH3 is 1. The highest BCUT2D eigenvalue weighted by molar-refractivity contribution is 6.25. The van der Waals surface area contributed by atoms with Crippen molar-refractivity contribution in [3.63, 3.8) is 0 Å². The molecule has 0 saturated carbocycles. The minimum atomic E-state index is -0.372. The highest BCUT2D eigenvalue weighted by Crippen LogP contribution is 2.30. The van der Waals surface area contributed by atoms with Gasteiger partial charge >= 0.3 is 0 Å².